The molecule has 0 spiro atoms. The van der Waals surface area contributed by atoms with E-state index >= 15 is 0 Å². The Kier molecular flexibility index (Phi) is 32.6. The first-order valence-electron chi connectivity index (χ1n) is 49.8. The Bertz CT molecular complexity index is 7160. The average molecular weight is 1940 g/mol. The van der Waals surface area contributed by atoms with E-state index in [0.29, 0.717) is 51.9 Å². The van der Waals surface area contributed by atoms with Crippen LogP contribution in [0, 0.1) is 66.2 Å². The van der Waals surface area contributed by atoms with E-state index in [1.165, 1.54) is 23.1 Å². The molecule has 4 saturated heterocycles. The van der Waals surface area contributed by atoms with Crippen LogP contribution in [0.1, 0.15) is 155 Å². The highest BCUT2D eigenvalue weighted by Gasteiger charge is 2.29. The number of nitrogens with two attached hydrogens (primary N) is 2. The first kappa shape index (κ1) is 101. The second-order valence-electron chi connectivity index (χ2n) is 39.2. The Balaban J connectivity index is 0.000000132. The van der Waals surface area contributed by atoms with Crippen molar-refractivity contribution in [3.63, 3.8) is 0 Å². The zero-order valence-corrected chi connectivity index (χ0v) is 83.5. The number of aliphatic hydroxyl groups excluding tert-OH is 3. The number of carbonyl (C=O) groups excluding carboxylic acids is 4. The van der Waals surface area contributed by atoms with Crippen LogP contribution in [0.3, 0.4) is 0 Å². The molecule has 28 heteroatoms. The van der Waals surface area contributed by atoms with Crippen molar-refractivity contribution in [2.45, 2.75) is 145 Å². The number of H-pyrrole nitrogens is 2. The molecule has 4 aliphatic rings. The molecule has 0 bridgehead atoms. The zero-order chi connectivity index (χ0) is 101. The van der Waals surface area contributed by atoms with Crippen LogP contribution < -0.4 is 42.2 Å². The van der Waals surface area contributed by atoms with Gasteiger partial charge in [0.05, 0.1) is 47.4 Å². The van der Waals surface area contributed by atoms with Gasteiger partial charge in [0.25, 0.3) is 23.6 Å². The number of hydrogen-bond donors (Lipinski definition) is 11. The third kappa shape index (κ3) is 26.6. The van der Waals surface area contributed by atoms with Gasteiger partial charge in [0.1, 0.15) is 28.8 Å². The molecule has 4 fully saturated rings. The van der Waals surface area contributed by atoms with Gasteiger partial charge in [-0.05, 0) is 331 Å². The van der Waals surface area contributed by atoms with Crippen molar-refractivity contribution in [1.29, 1.82) is 0 Å². The number of piperidine rings is 3. The quantitative estimate of drug-likeness (QED) is 0.0228. The first-order valence-corrected chi connectivity index (χ1v) is 49.8. The van der Waals surface area contributed by atoms with Gasteiger partial charge in [0.15, 0.2) is 0 Å². The van der Waals surface area contributed by atoms with E-state index in [2.05, 4.69) is 188 Å². The van der Waals surface area contributed by atoms with Gasteiger partial charge in [-0.1, -0.05) is 68.4 Å². The van der Waals surface area contributed by atoms with Crippen molar-refractivity contribution in [2.24, 2.45) is 29.2 Å². The smallest absolute Gasteiger partial charge is 0.255 e. The van der Waals surface area contributed by atoms with Crippen molar-refractivity contribution >= 4 is 68.3 Å². The SMILES string of the molecule is Cc1ccn(-c2cc(CN3CCC(O)C(C)C3)cc(NC(=O)c3ccc4c(C)[nH]nc4c3)c2)c1.Cc1ccn(-c2cc(CN3CCC(O)C(C)C3)cc(NC(=O)c3ccc4nc(CCO)[nH]c4c3)c2)c1.Cc1ccn(-c2cc(CN3CC[C@H](N)C3)cc(NC(=O)c3ccc(C)c(Oc4ccccc4)c3)c2)c1.Cc1cn(-c2cc(CN3CCC[C@H](CN)C3)cc(NC(=O)c3ccc(C)c(Oc4ccccc4)c3)c2)cn1. The fourth-order valence-electron chi connectivity index (χ4n) is 19.2. The van der Waals surface area contributed by atoms with Gasteiger partial charge in [-0.2, -0.15) is 5.10 Å². The summed E-state index contributed by atoms with van der Waals surface area (Å²) < 4.78 is 20.3. The summed E-state index contributed by atoms with van der Waals surface area (Å²) in [5.41, 5.74) is 35.4. The summed E-state index contributed by atoms with van der Waals surface area (Å²) in [6.45, 7) is 29.5. The Morgan fingerprint density at radius 1 is 0.444 bits per heavy atom. The van der Waals surface area contributed by atoms with Crippen molar-refractivity contribution in [2.75, 3.05) is 86.8 Å². The zero-order valence-electron chi connectivity index (χ0n) is 83.5. The summed E-state index contributed by atoms with van der Waals surface area (Å²) in [6.07, 6.45) is 21.0. The number of amides is 4. The molecule has 4 unspecified atom stereocenters. The minimum atomic E-state index is -0.239. The number of ether oxygens (including phenoxy) is 2. The van der Waals surface area contributed by atoms with Crippen LogP contribution in [0.2, 0.25) is 0 Å². The van der Waals surface area contributed by atoms with E-state index in [1.807, 2.05) is 203 Å². The Morgan fingerprint density at radius 2 is 0.868 bits per heavy atom. The standard InChI is InChI=1S/C31H35N5O2.C30H32N4O2.C28H33N5O3.C27H31N5O2/c1-22-10-11-26(15-30(22)38-29-8-4-3-5-9-29)31(37)34-27-13-25(20-35-12-6-7-24(17-32)19-35)14-28(16-27)36-18-23(2)33-21-36;1-21-10-13-34(18-21)27-15-23(19-33-12-11-25(31)20-33)14-26(17-27)32-30(35)24-9-8-22(2)29(16-24)36-28-6-4-3-5-7-28;1-18-5-9-33(15-18)23-12-20(17-32-8-6-26(35)19(2)16-32)11-22(14-23)29-28(36)21-3-4-24-25(13-21)31-27(30-24)7-10-34;1-17-6-9-32(14-17)23-11-20(16-31-8-7-26(33)18(2)15-31)10-22(13-23)28-27(34)21-4-5-24-19(3)29-30-25(24)12-21/h3-5,8-11,13-16,18,21,24H,6-7,12,17,19-20,32H2,1-2H3,(H,34,37);3-10,13-18,25H,11-12,19-20,31H2,1-2H3,(H,32,35);3-5,9,11-15,19,26,34-35H,6-8,10,16-17H2,1-2H3,(H,29,36)(H,30,31);4-6,9-14,18,26,33H,7-8,15-16H2,1-3H3,(H,28,34)(H,29,30)/t24-;25-;;/m10../s1. The molecular formula is C116H131N19O9. The lowest BCUT2D eigenvalue weighted by Crippen LogP contribution is -2.41. The summed E-state index contributed by atoms with van der Waals surface area (Å²) >= 11 is 0. The minimum Gasteiger partial charge on any atom is -0.457 e. The van der Waals surface area contributed by atoms with Crippen LogP contribution >= 0.6 is 0 Å². The van der Waals surface area contributed by atoms with Gasteiger partial charge >= 0.3 is 0 Å². The number of para-hydroxylation sites is 2. The molecule has 28 nitrogen and oxygen atoms in total. The lowest BCUT2D eigenvalue weighted by molar-refractivity contribution is 0.0319. The van der Waals surface area contributed by atoms with Crippen molar-refractivity contribution in [3.05, 3.63) is 364 Å². The average Bonchev–Trinajstić information content (AvgIpc) is 1.30. The molecule has 6 aromatic heterocycles. The number of aryl methyl sites for hydroxylation is 7. The van der Waals surface area contributed by atoms with Gasteiger partial charge in [-0.15, -0.1) is 0 Å². The summed E-state index contributed by atoms with van der Waals surface area (Å²) in [7, 11) is 0. The highest BCUT2D eigenvalue weighted by Crippen LogP contribution is 2.35. The number of aliphatic hydroxyl groups is 3. The number of carbonyl (C=O) groups is 4. The largest absolute Gasteiger partial charge is 0.457 e. The molecule has 4 aliphatic heterocycles. The fourth-order valence-corrected chi connectivity index (χ4v) is 19.2. The third-order valence-corrected chi connectivity index (χ3v) is 27.1. The number of hydrogen-bond acceptors (Lipinski definition) is 18. The molecule has 744 valence electrons. The number of benzene rings is 10. The van der Waals surface area contributed by atoms with E-state index < -0.39 is 0 Å². The number of rotatable bonds is 27. The predicted molar refractivity (Wildman–Crippen MR) is 570 cm³/mol. The number of aromatic nitrogens is 9. The Labute approximate surface area is 841 Å². The Morgan fingerprint density at radius 3 is 1.28 bits per heavy atom. The van der Waals surface area contributed by atoms with Crippen molar-refractivity contribution in [1.82, 2.24) is 63.0 Å². The molecule has 20 rings (SSSR count). The summed E-state index contributed by atoms with van der Waals surface area (Å²) in [5, 5.41) is 50.0. The predicted octanol–water partition coefficient (Wildman–Crippen LogP) is 19.5. The molecule has 16 aromatic rings. The van der Waals surface area contributed by atoms with Gasteiger partial charge in [0.2, 0.25) is 0 Å². The number of anilines is 4. The lowest BCUT2D eigenvalue weighted by atomic mass is 9.96. The fraction of sp³-hybridized carbons (Fsp3) is 0.302. The van der Waals surface area contributed by atoms with Crippen LogP contribution in [0.5, 0.6) is 23.0 Å². The van der Waals surface area contributed by atoms with Crippen molar-refractivity contribution < 1.29 is 44.0 Å². The van der Waals surface area contributed by atoms with Gasteiger partial charge < -0.3 is 80.8 Å². The molecule has 6 atom stereocenters. The molecule has 10 aromatic carbocycles. The van der Waals surface area contributed by atoms with Crippen molar-refractivity contribution in [3.8, 4) is 45.7 Å². The highest BCUT2D eigenvalue weighted by atomic mass is 16.5. The van der Waals surface area contributed by atoms with E-state index in [0.717, 1.165) is 234 Å². The molecular weight excluding hydrogens is 1800 g/mol. The maximum absolute atomic E-state index is 13.4. The summed E-state index contributed by atoms with van der Waals surface area (Å²) in [5.74, 6) is 3.79. The van der Waals surface area contributed by atoms with Gasteiger partial charge in [-0.3, -0.25) is 43.9 Å². The maximum Gasteiger partial charge on any atom is 0.255 e. The minimum absolute atomic E-state index is 0.0175. The second kappa shape index (κ2) is 46.6. The van der Waals surface area contributed by atoms with Crippen LogP contribution in [0.15, 0.2) is 274 Å². The Hall–Kier alpha value is -14.7. The molecule has 0 saturated carbocycles. The third-order valence-electron chi connectivity index (χ3n) is 27.1. The summed E-state index contributed by atoms with van der Waals surface area (Å²) in [6, 6.07) is 72.5. The highest BCUT2D eigenvalue weighted by molar-refractivity contribution is 6.08. The first-order chi connectivity index (χ1) is 69.6. The van der Waals surface area contributed by atoms with Crippen LogP contribution in [-0.2, 0) is 32.6 Å². The summed E-state index contributed by atoms with van der Waals surface area (Å²) in [4.78, 5) is 74.5. The number of likely N-dealkylation sites (tertiary alicyclic amines) is 4. The number of aromatic amines is 2. The van der Waals surface area contributed by atoms with E-state index in [1.54, 1.807) is 30.6 Å². The molecule has 144 heavy (non-hydrogen) atoms. The van der Waals surface area contributed by atoms with Crippen LogP contribution in [-0.4, -0.2) is 186 Å². The van der Waals surface area contributed by atoms with Gasteiger partial charge in [0, 0.05) is 207 Å². The molecule has 0 radical (unpaired) electrons. The molecule has 4 amide bonds. The number of imidazole rings is 2. The van der Waals surface area contributed by atoms with E-state index in [-0.39, 0.29) is 60.3 Å². The molecule has 10 heterocycles. The lowest BCUT2D eigenvalue weighted by Gasteiger charge is -2.34. The molecule has 13 N–H and O–H groups in total. The molecule has 0 aliphatic carbocycles. The van der Waals surface area contributed by atoms with Crippen LogP contribution in [0.25, 0.3) is 44.7 Å². The maximum atomic E-state index is 13.4. The van der Waals surface area contributed by atoms with E-state index in [9.17, 15) is 29.4 Å². The monoisotopic (exact) mass is 1930 g/mol. The number of nitrogens with zero attached hydrogens (tertiary/aromatic N) is 11. The van der Waals surface area contributed by atoms with Crippen LogP contribution in [0.4, 0.5) is 22.7 Å². The second-order valence-corrected chi connectivity index (χ2v) is 39.2. The normalized spacial score (nSPS) is 17.2. The van der Waals surface area contributed by atoms with Gasteiger partial charge in [-0.25, -0.2) is 9.97 Å². The number of fused-ring (bicyclic) bond motifs is 2. The topological polar surface area (TPSA) is 351 Å². The van der Waals surface area contributed by atoms with E-state index in [4.69, 9.17) is 26.0 Å². The number of nitrogens with one attached hydrogen (secondary N) is 6.